The van der Waals surface area contributed by atoms with Crippen molar-refractivity contribution < 1.29 is 4.74 Å². The number of hydrogen-bond donors (Lipinski definition) is 1. The van der Waals surface area contributed by atoms with Crippen molar-refractivity contribution in [2.24, 2.45) is 0 Å². The molecular weight excluding hydrogens is 242 g/mol. The molecule has 0 aliphatic rings. The molecule has 1 unspecified atom stereocenters. The van der Waals surface area contributed by atoms with Crippen LogP contribution in [-0.4, -0.2) is 25.2 Å². The van der Waals surface area contributed by atoms with Crippen LogP contribution >= 0.6 is 11.8 Å². The highest BCUT2D eigenvalue weighted by atomic mass is 32.2. The predicted molar refractivity (Wildman–Crippen MR) is 81.9 cm³/mol. The van der Waals surface area contributed by atoms with Crippen LogP contribution in [0, 0.1) is 13.8 Å². The van der Waals surface area contributed by atoms with E-state index in [-0.39, 0.29) is 0 Å². The van der Waals surface area contributed by atoms with Crippen molar-refractivity contribution >= 4 is 11.8 Å². The number of methoxy groups -OCH3 is 1. The fourth-order valence-corrected chi connectivity index (χ4v) is 2.95. The zero-order valence-electron chi connectivity index (χ0n) is 12.3. The first-order valence-corrected chi connectivity index (χ1v) is 7.48. The molecule has 0 heterocycles. The van der Waals surface area contributed by atoms with E-state index >= 15 is 0 Å². The van der Waals surface area contributed by atoms with Gasteiger partial charge in [-0.15, -0.1) is 0 Å². The summed E-state index contributed by atoms with van der Waals surface area (Å²) in [7, 11) is 3.76. The summed E-state index contributed by atoms with van der Waals surface area (Å²) in [6.45, 7) is 8.73. The maximum Gasteiger partial charge on any atom is 0.122 e. The van der Waals surface area contributed by atoms with Crippen molar-refractivity contribution in [1.82, 2.24) is 5.32 Å². The standard InChI is InChI=1S/C15H25NOS/c1-10(2)18-9-14(16-5)13-7-12(4)15(17-6)8-11(13)3/h7-8,10,14,16H,9H2,1-6H3. The van der Waals surface area contributed by atoms with Gasteiger partial charge in [-0.25, -0.2) is 0 Å². The summed E-state index contributed by atoms with van der Waals surface area (Å²) in [6.07, 6.45) is 0. The maximum atomic E-state index is 5.37. The van der Waals surface area contributed by atoms with Crippen LogP contribution < -0.4 is 10.1 Å². The Kier molecular flexibility index (Phi) is 6.03. The zero-order chi connectivity index (χ0) is 13.7. The molecule has 1 aromatic rings. The molecule has 3 heteroatoms. The van der Waals surface area contributed by atoms with E-state index in [1.807, 2.05) is 18.8 Å². The summed E-state index contributed by atoms with van der Waals surface area (Å²) in [5, 5.41) is 4.08. The molecule has 1 atom stereocenters. The van der Waals surface area contributed by atoms with E-state index < -0.39 is 0 Å². The molecule has 0 amide bonds. The SMILES string of the molecule is CNC(CSC(C)C)c1cc(C)c(OC)cc1C. The lowest BCUT2D eigenvalue weighted by molar-refractivity contribution is 0.411. The van der Waals surface area contributed by atoms with Gasteiger partial charge in [0.15, 0.2) is 0 Å². The Labute approximate surface area is 116 Å². The summed E-state index contributed by atoms with van der Waals surface area (Å²) in [5.41, 5.74) is 3.87. The maximum absolute atomic E-state index is 5.37. The fraction of sp³-hybridized carbons (Fsp3) is 0.600. The van der Waals surface area contributed by atoms with Crippen LogP contribution in [0.1, 0.15) is 36.6 Å². The highest BCUT2D eigenvalue weighted by Gasteiger charge is 2.14. The number of rotatable bonds is 6. The van der Waals surface area contributed by atoms with E-state index in [9.17, 15) is 0 Å². The molecule has 0 fully saturated rings. The smallest absolute Gasteiger partial charge is 0.122 e. The van der Waals surface area contributed by atoms with Crippen molar-refractivity contribution in [3.63, 3.8) is 0 Å². The monoisotopic (exact) mass is 267 g/mol. The van der Waals surface area contributed by atoms with Crippen LogP contribution in [0.2, 0.25) is 0 Å². The van der Waals surface area contributed by atoms with Gasteiger partial charge in [0.1, 0.15) is 5.75 Å². The van der Waals surface area contributed by atoms with Gasteiger partial charge in [0, 0.05) is 11.8 Å². The second-order valence-corrected chi connectivity index (χ2v) is 6.51. The number of benzene rings is 1. The van der Waals surface area contributed by atoms with Gasteiger partial charge in [-0.1, -0.05) is 19.9 Å². The highest BCUT2D eigenvalue weighted by molar-refractivity contribution is 7.99. The number of ether oxygens (including phenoxy) is 1. The van der Waals surface area contributed by atoms with Gasteiger partial charge in [-0.05, 0) is 48.9 Å². The first kappa shape index (κ1) is 15.4. The van der Waals surface area contributed by atoms with Crippen LogP contribution in [0.5, 0.6) is 5.75 Å². The van der Waals surface area contributed by atoms with Crippen molar-refractivity contribution in [3.05, 3.63) is 28.8 Å². The lowest BCUT2D eigenvalue weighted by atomic mass is 9.99. The number of hydrogen-bond acceptors (Lipinski definition) is 3. The lowest BCUT2D eigenvalue weighted by Gasteiger charge is -2.21. The lowest BCUT2D eigenvalue weighted by Crippen LogP contribution is -2.20. The van der Waals surface area contributed by atoms with Gasteiger partial charge in [-0.3, -0.25) is 0 Å². The summed E-state index contributed by atoms with van der Waals surface area (Å²) in [6, 6.07) is 4.78. The van der Waals surface area contributed by atoms with Gasteiger partial charge >= 0.3 is 0 Å². The third kappa shape index (κ3) is 3.92. The normalized spacial score (nSPS) is 12.8. The molecule has 0 aromatic heterocycles. The minimum absolute atomic E-state index is 0.405. The summed E-state index contributed by atoms with van der Waals surface area (Å²) >= 11 is 1.99. The van der Waals surface area contributed by atoms with E-state index in [1.54, 1.807) is 7.11 Å². The number of aryl methyl sites for hydroxylation is 2. The van der Waals surface area contributed by atoms with Crippen molar-refractivity contribution in [2.75, 3.05) is 19.9 Å². The molecule has 0 radical (unpaired) electrons. The van der Waals surface area contributed by atoms with Crippen LogP contribution in [0.3, 0.4) is 0 Å². The van der Waals surface area contributed by atoms with E-state index in [4.69, 9.17) is 4.74 Å². The second kappa shape index (κ2) is 7.05. The highest BCUT2D eigenvalue weighted by Crippen LogP contribution is 2.29. The average molecular weight is 267 g/mol. The van der Waals surface area contributed by atoms with Crippen LogP contribution in [-0.2, 0) is 0 Å². The molecule has 1 aromatic carbocycles. The zero-order valence-corrected chi connectivity index (χ0v) is 13.1. The Hall–Kier alpha value is -0.670. The quantitative estimate of drug-likeness (QED) is 0.849. The number of nitrogens with one attached hydrogen (secondary N) is 1. The summed E-state index contributed by atoms with van der Waals surface area (Å²) < 4.78 is 5.37. The van der Waals surface area contributed by atoms with Gasteiger partial charge < -0.3 is 10.1 Å². The summed E-state index contributed by atoms with van der Waals surface area (Å²) in [4.78, 5) is 0. The fourth-order valence-electron chi connectivity index (χ4n) is 2.02. The van der Waals surface area contributed by atoms with Crippen LogP contribution in [0.25, 0.3) is 0 Å². The predicted octanol–water partition coefficient (Wildman–Crippen LogP) is 3.71. The third-order valence-electron chi connectivity index (χ3n) is 3.10. The first-order valence-electron chi connectivity index (χ1n) is 6.43. The minimum Gasteiger partial charge on any atom is -0.496 e. The Morgan fingerprint density at radius 2 is 1.89 bits per heavy atom. The molecule has 0 saturated carbocycles. The van der Waals surface area contributed by atoms with E-state index in [0.717, 1.165) is 11.5 Å². The van der Waals surface area contributed by atoms with Crippen molar-refractivity contribution in [2.45, 2.75) is 39.0 Å². The molecule has 18 heavy (non-hydrogen) atoms. The second-order valence-electron chi connectivity index (χ2n) is 4.90. The van der Waals surface area contributed by atoms with Crippen LogP contribution in [0.4, 0.5) is 0 Å². The van der Waals surface area contributed by atoms with Gasteiger partial charge in [0.25, 0.3) is 0 Å². The van der Waals surface area contributed by atoms with E-state index in [2.05, 4.69) is 45.1 Å². The Bertz CT molecular complexity index is 390. The molecule has 0 aliphatic carbocycles. The first-order chi connectivity index (χ1) is 8.49. The van der Waals surface area contributed by atoms with Gasteiger partial charge in [-0.2, -0.15) is 11.8 Å². The molecule has 1 rings (SSSR count). The summed E-state index contributed by atoms with van der Waals surface area (Å²) in [5.74, 6) is 2.07. The topological polar surface area (TPSA) is 21.3 Å². The molecule has 0 aliphatic heterocycles. The molecule has 102 valence electrons. The molecular formula is C15H25NOS. The molecule has 1 N–H and O–H groups in total. The van der Waals surface area contributed by atoms with E-state index in [1.165, 1.54) is 16.7 Å². The Morgan fingerprint density at radius 3 is 2.39 bits per heavy atom. The van der Waals surface area contributed by atoms with Crippen molar-refractivity contribution in [3.8, 4) is 5.75 Å². The third-order valence-corrected chi connectivity index (χ3v) is 4.30. The minimum atomic E-state index is 0.405. The largest absolute Gasteiger partial charge is 0.496 e. The molecule has 2 nitrogen and oxygen atoms in total. The van der Waals surface area contributed by atoms with Crippen molar-refractivity contribution in [1.29, 1.82) is 0 Å². The molecule has 0 bridgehead atoms. The van der Waals surface area contributed by atoms with E-state index in [0.29, 0.717) is 11.3 Å². The Balaban J connectivity index is 2.95. The van der Waals surface area contributed by atoms with Gasteiger partial charge in [0.2, 0.25) is 0 Å². The average Bonchev–Trinajstić information content (AvgIpc) is 2.33. The Morgan fingerprint density at radius 1 is 1.22 bits per heavy atom. The van der Waals surface area contributed by atoms with Crippen LogP contribution in [0.15, 0.2) is 12.1 Å². The van der Waals surface area contributed by atoms with Gasteiger partial charge in [0.05, 0.1) is 7.11 Å². The number of thioether (sulfide) groups is 1. The molecule has 0 spiro atoms. The molecule has 0 saturated heterocycles.